The maximum Gasteiger partial charge on any atom is 0.238 e. The van der Waals surface area contributed by atoms with E-state index in [1.165, 1.54) is 0 Å². The molecule has 0 atom stereocenters. The van der Waals surface area contributed by atoms with Crippen LogP contribution in [-0.4, -0.2) is 68.5 Å². The van der Waals surface area contributed by atoms with E-state index in [2.05, 4.69) is 17.3 Å². The fourth-order valence-corrected chi connectivity index (χ4v) is 3.29. The highest BCUT2D eigenvalue weighted by atomic mass is 16.5. The first-order valence-electron chi connectivity index (χ1n) is 8.94. The van der Waals surface area contributed by atoms with Crippen LogP contribution < -0.4 is 10.1 Å². The zero-order chi connectivity index (χ0) is 17.9. The molecule has 1 saturated heterocycles. The number of amides is 2. The summed E-state index contributed by atoms with van der Waals surface area (Å²) in [7, 11) is 3.70. The summed E-state index contributed by atoms with van der Waals surface area (Å²) in [5.74, 6) is 0.714. The summed E-state index contributed by atoms with van der Waals surface area (Å²) < 4.78 is 5.21. The minimum atomic E-state index is -0.801. The van der Waals surface area contributed by atoms with Crippen LogP contribution in [0.25, 0.3) is 0 Å². The van der Waals surface area contributed by atoms with Crippen LogP contribution in [0.2, 0.25) is 0 Å². The Morgan fingerprint density at radius 2 is 1.92 bits per heavy atom. The molecule has 2 aliphatic rings. The Hall–Kier alpha value is -2.08. The summed E-state index contributed by atoms with van der Waals surface area (Å²) >= 11 is 0. The number of nitrogens with zero attached hydrogens (tertiary/aromatic N) is 2. The van der Waals surface area contributed by atoms with Crippen molar-refractivity contribution in [2.45, 2.75) is 19.3 Å². The number of carbonyl (C=O) groups excluding carboxylic acids is 2. The second-order valence-electron chi connectivity index (χ2n) is 7.04. The molecule has 3 rings (SSSR count). The SMILES string of the molecule is COc1cccc(CCNC(=O)C2(C(=O)N3CCN(C)CC3)CC2)c1. The van der Waals surface area contributed by atoms with Gasteiger partial charge in [0.15, 0.2) is 0 Å². The quantitative estimate of drug-likeness (QED) is 0.779. The fourth-order valence-electron chi connectivity index (χ4n) is 3.29. The summed E-state index contributed by atoms with van der Waals surface area (Å²) in [4.78, 5) is 29.4. The normalized spacial score (nSPS) is 19.4. The van der Waals surface area contributed by atoms with Gasteiger partial charge in [0.2, 0.25) is 11.8 Å². The van der Waals surface area contributed by atoms with Gasteiger partial charge in [0.05, 0.1) is 7.11 Å². The number of hydrogen-bond acceptors (Lipinski definition) is 4. The van der Waals surface area contributed by atoms with Gasteiger partial charge in [-0.3, -0.25) is 9.59 Å². The van der Waals surface area contributed by atoms with Crippen LogP contribution in [0.4, 0.5) is 0 Å². The van der Waals surface area contributed by atoms with Gasteiger partial charge in [0.25, 0.3) is 0 Å². The van der Waals surface area contributed by atoms with Gasteiger partial charge >= 0.3 is 0 Å². The lowest BCUT2D eigenvalue weighted by atomic mass is 10.0. The van der Waals surface area contributed by atoms with E-state index in [0.717, 1.165) is 30.8 Å². The van der Waals surface area contributed by atoms with Crippen molar-refractivity contribution in [2.24, 2.45) is 5.41 Å². The molecular weight excluding hydrogens is 318 g/mol. The summed E-state index contributed by atoms with van der Waals surface area (Å²) in [6.45, 7) is 3.71. The molecule has 0 aromatic heterocycles. The summed E-state index contributed by atoms with van der Waals surface area (Å²) in [6.07, 6.45) is 2.06. The standard InChI is InChI=1S/C19H27N3O3/c1-21-10-12-22(13-11-21)18(24)19(7-8-19)17(23)20-9-6-15-4-3-5-16(14-15)25-2/h3-5,14H,6-13H2,1-2H3,(H,20,23). The molecule has 0 radical (unpaired) electrons. The number of piperazine rings is 1. The maximum absolute atomic E-state index is 12.8. The van der Waals surface area contributed by atoms with Crippen molar-refractivity contribution in [3.05, 3.63) is 29.8 Å². The van der Waals surface area contributed by atoms with Gasteiger partial charge in [-0.25, -0.2) is 0 Å². The van der Waals surface area contributed by atoms with Crippen LogP contribution in [0.15, 0.2) is 24.3 Å². The highest BCUT2D eigenvalue weighted by Crippen LogP contribution is 2.47. The maximum atomic E-state index is 12.8. The highest BCUT2D eigenvalue weighted by Gasteiger charge is 2.57. The number of nitrogens with one attached hydrogen (secondary N) is 1. The summed E-state index contributed by atoms with van der Waals surface area (Å²) in [5.41, 5.74) is 0.305. The summed E-state index contributed by atoms with van der Waals surface area (Å²) in [5, 5.41) is 2.96. The van der Waals surface area contributed by atoms with Gasteiger partial charge in [-0.1, -0.05) is 12.1 Å². The number of carbonyl (C=O) groups is 2. The van der Waals surface area contributed by atoms with Crippen molar-refractivity contribution >= 4 is 11.8 Å². The lowest BCUT2D eigenvalue weighted by molar-refractivity contribution is -0.145. The predicted octanol–water partition coefficient (Wildman–Crippen LogP) is 0.908. The van der Waals surface area contributed by atoms with Crippen molar-refractivity contribution in [1.29, 1.82) is 0 Å². The molecule has 2 amide bonds. The van der Waals surface area contributed by atoms with Gasteiger partial charge in [-0.15, -0.1) is 0 Å². The third kappa shape index (κ3) is 3.95. The zero-order valence-electron chi connectivity index (χ0n) is 15.1. The van der Waals surface area contributed by atoms with E-state index in [-0.39, 0.29) is 11.8 Å². The first-order chi connectivity index (χ1) is 12.0. The van der Waals surface area contributed by atoms with E-state index in [1.54, 1.807) is 7.11 Å². The van der Waals surface area contributed by atoms with Crippen molar-refractivity contribution in [2.75, 3.05) is 46.9 Å². The Bertz CT molecular complexity index is 635. The first kappa shape index (κ1) is 17.7. The second kappa shape index (κ2) is 7.44. The average molecular weight is 345 g/mol. The summed E-state index contributed by atoms with van der Waals surface area (Å²) in [6, 6.07) is 7.82. The van der Waals surface area contributed by atoms with E-state index in [4.69, 9.17) is 4.74 Å². The van der Waals surface area contributed by atoms with Crippen LogP contribution in [0, 0.1) is 5.41 Å². The molecule has 136 valence electrons. The Morgan fingerprint density at radius 3 is 2.56 bits per heavy atom. The third-order valence-electron chi connectivity index (χ3n) is 5.22. The molecule has 1 saturated carbocycles. The number of rotatable bonds is 6. The molecule has 6 nitrogen and oxygen atoms in total. The topological polar surface area (TPSA) is 61.9 Å². The van der Waals surface area contributed by atoms with Crippen molar-refractivity contribution in [3.63, 3.8) is 0 Å². The Labute approximate surface area is 149 Å². The number of hydrogen-bond donors (Lipinski definition) is 1. The molecule has 1 aliphatic carbocycles. The Balaban J connectivity index is 1.51. The van der Waals surface area contributed by atoms with Crippen LogP contribution in [0.1, 0.15) is 18.4 Å². The van der Waals surface area contributed by atoms with Crippen LogP contribution >= 0.6 is 0 Å². The monoisotopic (exact) mass is 345 g/mol. The van der Waals surface area contributed by atoms with E-state index in [9.17, 15) is 9.59 Å². The molecule has 1 N–H and O–H groups in total. The molecular formula is C19H27N3O3. The van der Waals surface area contributed by atoms with E-state index in [0.29, 0.717) is 32.5 Å². The lowest BCUT2D eigenvalue weighted by Crippen LogP contribution is -2.52. The minimum absolute atomic E-state index is 0.0134. The molecule has 1 heterocycles. The number of ether oxygens (including phenoxy) is 1. The molecule has 1 aliphatic heterocycles. The lowest BCUT2D eigenvalue weighted by Gasteiger charge is -2.34. The highest BCUT2D eigenvalue weighted by molar-refractivity contribution is 6.07. The van der Waals surface area contributed by atoms with E-state index < -0.39 is 5.41 Å². The Morgan fingerprint density at radius 1 is 1.20 bits per heavy atom. The number of likely N-dealkylation sites (N-methyl/N-ethyl adjacent to an activating group) is 1. The minimum Gasteiger partial charge on any atom is -0.497 e. The van der Waals surface area contributed by atoms with Gasteiger partial charge < -0.3 is 19.9 Å². The molecule has 1 aromatic carbocycles. The van der Waals surface area contributed by atoms with Gasteiger partial charge in [-0.05, 0) is 44.0 Å². The molecule has 2 fully saturated rings. The number of methoxy groups -OCH3 is 1. The van der Waals surface area contributed by atoms with Gasteiger partial charge in [0, 0.05) is 32.7 Å². The van der Waals surface area contributed by atoms with E-state index in [1.807, 2.05) is 29.2 Å². The van der Waals surface area contributed by atoms with Crippen molar-refractivity contribution in [3.8, 4) is 5.75 Å². The molecule has 0 bridgehead atoms. The number of benzene rings is 1. The van der Waals surface area contributed by atoms with Crippen LogP contribution in [0.3, 0.4) is 0 Å². The molecule has 1 aromatic rings. The predicted molar refractivity (Wildman–Crippen MR) is 95.5 cm³/mol. The van der Waals surface area contributed by atoms with Crippen molar-refractivity contribution < 1.29 is 14.3 Å². The fraction of sp³-hybridized carbons (Fsp3) is 0.579. The van der Waals surface area contributed by atoms with Crippen LogP contribution in [0.5, 0.6) is 5.75 Å². The molecule has 0 unspecified atom stereocenters. The molecule has 0 spiro atoms. The van der Waals surface area contributed by atoms with E-state index >= 15 is 0 Å². The zero-order valence-corrected chi connectivity index (χ0v) is 15.1. The van der Waals surface area contributed by atoms with Gasteiger partial charge in [0.1, 0.15) is 11.2 Å². The average Bonchev–Trinajstić information content (AvgIpc) is 3.44. The largest absolute Gasteiger partial charge is 0.497 e. The molecule has 6 heteroatoms. The smallest absolute Gasteiger partial charge is 0.238 e. The second-order valence-corrected chi connectivity index (χ2v) is 7.04. The third-order valence-corrected chi connectivity index (χ3v) is 5.22. The first-order valence-corrected chi connectivity index (χ1v) is 8.94. The van der Waals surface area contributed by atoms with Crippen LogP contribution in [-0.2, 0) is 16.0 Å². The van der Waals surface area contributed by atoms with Crippen molar-refractivity contribution in [1.82, 2.24) is 15.1 Å². The van der Waals surface area contributed by atoms with Gasteiger partial charge in [-0.2, -0.15) is 0 Å². The molecule has 25 heavy (non-hydrogen) atoms. The Kier molecular flexibility index (Phi) is 5.27.